The first-order valence-electron chi connectivity index (χ1n) is 4.68. The number of Topliss-reactive ketones (excluding diaryl/α,β-unsaturated/α-hetero) is 1. The number of likely N-dealkylation sites (N-methyl/N-ethyl adjacent to an activating group) is 1. The third-order valence-electron chi connectivity index (χ3n) is 2.06. The molecule has 0 aliphatic heterocycles. The van der Waals surface area contributed by atoms with Gasteiger partial charge in [0.05, 0.1) is 6.54 Å². The molecule has 0 unspecified atom stereocenters. The fourth-order valence-electron chi connectivity index (χ4n) is 1.33. The largest absolute Gasteiger partial charge is 0.338 e. The average molecular weight is 178 g/mol. The molecule has 0 spiro atoms. The summed E-state index contributed by atoms with van der Waals surface area (Å²) >= 11 is 0. The highest BCUT2D eigenvalue weighted by atomic mass is 16.1. The highest BCUT2D eigenvalue weighted by molar-refractivity contribution is 5.98. The molecule has 1 aromatic carbocycles. The van der Waals surface area contributed by atoms with Gasteiger partial charge in [0, 0.05) is 5.56 Å². The van der Waals surface area contributed by atoms with Crippen LogP contribution in [0.4, 0.5) is 0 Å². The van der Waals surface area contributed by atoms with E-state index in [0.717, 1.165) is 12.1 Å². The molecule has 0 saturated heterocycles. The van der Waals surface area contributed by atoms with Crippen LogP contribution in [0.15, 0.2) is 30.3 Å². The lowest BCUT2D eigenvalue weighted by atomic mass is 10.1. The fraction of sp³-hybridized carbons (Fsp3) is 0.364. The maximum absolute atomic E-state index is 11.7. The van der Waals surface area contributed by atoms with Crippen LogP contribution in [0.2, 0.25) is 0 Å². The second-order valence-electron chi connectivity index (χ2n) is 3.16. The summed E-state index contributed by atoms with van der Waals surface area (Å²) in [6, 6.07) is 9.47. The van der Waals surface area contributed by atoms with Crippen LogP contribution < -0.4 is 5.32 Å². The number of hydrogen-bond donors (Lipinski definition) is 1. The van der Waals surface area contributed by atoms with Crippen LogP contribution in [-0.2, 0) is 0 Å². The second-order valence-corrected chi connectivity index (χ2v) is 3.16. The van der Waals surface area contributed by atoms with Crippen LogP contribution in [0.1, 0.15) is 24.2 Å². The van der Waals surface area contributed by atoms with Crippen LogP contribution in [0.5, 0.6) is 0 Å². The predicted octanol–water partition coefficient (Wildman–Crippen LogP) is 0.841. The quantitative estimate of drug-likeness (QED) is 0.681. The van der Waals surface area contributed by atoms with E-state index in [9.17, 15) is 4.79 Å². The summed E-state index contributed by atoms with van der Waals surface area (Å²) in [5, 5.41) is 2.04. The molecule has 0 radical (unpaired) electrons. The van der Waals surface area contributed by atoms with Gasteiger partial charge >= 0.3 is 0 Å². The van der Waals surface area contributed by atoms with Gasteiger partial charge in [0.1, 0.15) is 6.04 Å². The zero-order chi connectivity index (χ0) is 9.68. The molecular weight excluding hydrogens is 162 g/mol. The maximum atomic E-state index is 11.7. The number of ketones is 1. The molecule has 1 rings (SSSR count). The topological polar surface area (TPSA) is 33.7 Å². The summed E-state index contributed by atoms with van der Waals surface area (Å²) in [7, 11) is 0. The van der Waals surface area contributed by atoms with E-state index in [4.69, 9.17) is 0 Å². The smallest absolute Gasteiger partial charge is 0.219 e. The van der Waals surface area contributed by atoms with E-state index in [1.807, 2.05) is 42.6 Å². The molecule has 2 N–H and O–H groups in total. The van der Waals surface area contributed by atoms with Gasteiger partial charge in [-0.05, 0) is 13.8 Å². The van der Waals surface area contributed by atoms with Gasteiger partial charge in [-0.15, -0.1) is 0 Å². The molecule has 0 saturated carbocycles. The van der Waals surface area contributed by atoms with E-state index in [1.165, 1.54) is 0 Å². The van der Waals surface area contributed by atoms with Gasteiger partial charge < -0.3 is 5.32 Å². The molecule has 2 heteroatoms. The summed E-state index contributed by atoms with van der Waals surface area (Å²) in [5.74, 6) is 0.211. The normalized spacial score (nSPS) is 12.5. The first kappa shape index (κ1) is 9.93. The van der Waals surface area contributed by atoms with Crippen molar-refractivity contribution >= 4 is 5.78 Å². The summed E-state index contributed by atoms with van der Waals surface area (Å²) in [4.78, 5) is 11.7. The van der Waals surface area contributed by atoms with Crippen molar-refractivity contribution in [2.75, 3.05) is 6.54 Å². The van der Waals surface area contributed by atoms with Gasteiger partial charge in [0.15, 0.2) is 0 Å². The molecule has 0 aliphatic carbocycles. The molecule has 0 heterocycles. The van der Waals surface area contributed by atoms with Crippen LogP contribution in [-0.4, -0.2) is 18.4 Å². The van der Waals surface area contributed by atoms with E-state index in [-0.39, 0.29) is 11.8 Å². The summed E-state index contributed by atoms with van der Waals surface area (Å²) in [5.41, 5.74) is 0.805. The van der Waals surface area contributed by atoms with E-state index < -0.39 is 0 Å². The van der Waals surface area contributed by atoms with E-state index >= 15 is 0 Å². The highest BCUT2D eigenvalue weighted by Gasteiger charge is 2.15. The zero-order valence-corrected chi connectivity index (χ0v) is 8.16. The lowest BCUT2D eigenvalue weighted by Gasteiger charge is -2.07. The number of quaternary nitrogens is 1. The summed E-state index contributed by atoms with van der Waals surface area (Å²) < 4.78 is 0. The number of rotatable bonds is 4. The molecule has 0 bridgehead atoms. The average Bonchev–Trinajstić information content (AvgIpc) is 2.18. The molecule has 0 aromatic heterocycles. The van der Waals surface area contributed by atoms with Gasteiger partial charge in [-0.3, -0.25) is 4.79 Å². The van der Waals surface area contributed by atoms with Crippen LogP contribution >= 0.6 is 0 Å². The molecule has 0 fully saturated rings. The van der Waals surface area contributed by atoms with Gasteiger partial charge in [-0.1, -0.05) is 30.3 Å². The van der Waals surface area contributed by atoms with Gasteiger partial charge in [0.25, 0.3) is 0 Å². The minimum Gasteiger partial charge on any atom is -0.338 e. The first-order chi connectivity index (χ1) is 6.25. The van der Waals surface area contributed by atoms with Crippen molar-refractivity contribution in [3.8, 4) is 0 Å². The third-order valence-corrected chi connectivity index (χ3v) is 2.06. The zero-order valence-electron chi connectivity index (χ0n) is 8.16. The monoisotopic (exact) mass is 178 g/mol. The fourth-order valence-corrected chi connectivity index (χ4v) is 1.33. The Bertz CT molecular complexity index is 269. The summed E-state index contributed by atoms with van der Waals surface area (Å²) in [6.07, 6.45) is 0. The van der Waals surface area contributed by atoms with Gasteiger partial charge in [-0.25, -0.2) is 0 Å². The highest BCUT2D eigenvalue weighted by Crippen LogP contribution is 2.00. The van der Waals surface area contributed by atoms with Crippen molar-refractivity contribution in [1.29, 1.82) is 0 Å². The number of hydrogen-bond acceptors (Lipinski definition) is 1. The van der Waals surface area contributed by atoms with Gasteiger partial charge in [0.2, 0.25) is 5.78 Å². The van der Waals surface area contributed by atoms with Crippen molar-refractivity contribution in [2.24, 2.45) is 0 Å². The van der Waals surface area contributed by atoms with Crippen molar-refractivity contribution < 1.29 is 10.1 Å². The molecule has 13 heavy (non-hydrogen) atoms. The number of carbonyl (C=O) groups excluding carboxylic acids is 1. The Balaban J connectivity index is 2.68. The SMILES string of the molecule is CC[NH2+][C@H](C)C(=O)c1ccccc1. The Morgan fingerprint density at radius 1 is 1.38 bits per heavy atom. The van der Waals surface area contributed by atoms with Crippen molar-refractivity contribution in [3.05, 3.63) is 35.9 Å². The van der Waals surface area contributed by atoms with E-state index in [0.29, 0.717) is 0 Å². The van der Waals surface area contributed by atoms with Crippen LogP contribution in [0, 0.1) is 0 Å². The van der Waals surface area contributed by atoms with E-state index in [1.54, 1.807) is 0 Å². The predicted molar refractivity (Wildman–Crippen MR) is 52.7 cm³/mol. The van der Waals surface area contributed by atoms with Gasteiger partial charge in [-0.2, -0.15) is 0 Å². The van der Waals surface area contributed by atoms with Crippen molar-refractivity contribution in [1.82, 2.24) is 0 Å². The maximum Gasteiger partial charge on any atom is 0.219 e. The Morgan fingerprint density at radius 3 is 2.54 bits per heavy atom. The van der Waals surface area contributed by atoms with Crippen LogP contribution in [0.3, 0.4) is 0 Å². The molecule has 1 aromatic rings. The standard InChI is InChI=1S/C11H15NO/c1-3-12-9(2)11(13)10-7-5-4-6-8-10/h4-9,12H,3H2,1-2H3/p+1/t9-/m1/s1. The Labute approximate surface area is 79.0 Å². The van der Waals surface area contributed by atoms with E-state index in [2.05, 4.69) is 6.92 Å². The molecule has 0 aliphatic rings. The minimum absolute atomic E-state index is 0.0346. The number of carbonyl (C=O) groups is 1. The number of benzene rings is 1. The molecule has 1 atom stereocenters. The van der Waals surface area contributed by atoms with Crippen LogP contribution in [0.25, 0.3) is 0 Å². The molecular formula is C11H16NO+. The molecule has 2 nitrogen and oxygen atoms in total. The molecule has 70 valence electrons. The summed E-state index contributed by atoms with van der Waals surface area (Å²) in [6.45, 7) is 4.94. The van der Waals surface area contributed by atoms with Crippen molar-refractivity contribution in [2.45, 2.75) is 19.9 Å². The Hall–Kier alpha value is -1.15. The third kappa shape index (κ3) is 2.67. The lowest BCUT2D eigenvalue weighted by Crippen LogP contribution is -2.90. The van der Waals surface area contributed by atoms with Crippen molar-refractivity contribution in [3.63, 3.8) is 0 Å². The Kier molecular flexibility index (Phi) is 3.65. The second kappa shape index (κ2) is 4.77. The minimum atomic E-state index is 0.0346. The lowest BCUT2D eigenvalue weighted by molar-refractivity contribution is -0.669. The molecule has 0 amide bonds. The Morgan fingerprint density at radius 2 is 2.00 bits per heavy atom. The number of nitrogens with two attached hydrogens (primary N) is 1. The first-order valence-corrected chi connectivity index (χ1v) is 4.68.